The van der Waals surface area contributed by atoms with Gasteiger partial charge in [-0.25, -0.2) is 4.98 Å². The van der Waals surface area contributed by atoms with Crippen molar-refractivity contribution in [3.8, 4) is 0 Å². The SMILES string of the molecule is CSc1ccc2nc(C=O)oc2c1. The Bertz CT molecular complexity index is 450. The lowest BCUT2D eigenvalue weighted by molar-refractivity contribution is 0.109. The van der Waals surface area contributed by atoms with Gasteiger partial charge < -0.3 is 4.42 Å². The fourth-order valence-corrected chi connectivity index (χ4v) is 1.53. The summed E-state index contributed by atoms with van der Waals surface area (Å²) in [5.74, 6) is 0.133. The van der Waals surface area contributed by atoms with E-state index in [4.69, 9.17) is 4.42 Å². The number of aldehydes is 1. The van der Waals surface area contributed by atoms with Crippen LogP contribution >= 0.6 is 11.8 Å². The van der Waals surface area contributed by atoms with Crippen molar-refractivity contribution in [2.24, 2.45) is 0 Å². The van der Waals surface area contributed by atoms with Gasteiger partial charge in [0.05, 0.1) is 0 Å². The average molecular weight is 193 g/mol. The number of hydrogen-bond acceptors (Lipinski definition) is 4. The quantitative estimate of drug-likeness (QED) is 0.542. The Morgan fingerprint density at radius 2 is 2.38 bits per heavy atom. The number of fused-ring (bicyclic) bond motifs is 1. The normalized spacial score (nSPS) is 10.5. The van der Waals surface area contributed by atoms with Crippen molar-refractivity contribution in [3.63, 3.8) is 0 Å². The Kier molecular flexibility index (Phi) is 2.06. The topological polar surface area (TPSA) is 43.1 Å². The van der Waals surface area contributed by atoms with Gasteiger partial charge in [-0.2, -0.15) is 0 Å². The van der Waals surface area contributed by atoms with E-state index in [1.165, 1.54) is 0 Å². The number of oxazole rings is 1. The monoisotopic (exact) mass is 193 g/mol. The molecule has 0 bridgehead atoms. The Morgan fingerprint density at radius 3 is 3.08 bits per heavy atom. The van der Waals surface area contributed by atoms with Gasteiger partial charge in [-0.05, 0) is 24.5 Å². The highest BCUT2D eigenvalue weighted by atomic mass is 32.2. The lowest BCUT2D eigenvalue weighted by Crippen LogP contribution is -1.74. The standard InChI is InChI=1S/C9H7NO2S/c1-13-6-2-3-7-8(4-6)12-9(5-11)10-7/h2-5H,1H3. The molecule has 2 rings (SSSR count). The van der Waals surface area contributed by atoms with E-state index in [1.807, 2.05) is 24.5 Å². The molecule has 0 amide bonds. The minimum atomic E-state index is 0.133. The molecule has 0 aliphatic heterocycles. The Balaban J connectivity index is 2.63. The second-order valence-electron chi connectivity index (χ2n) is 2.50. The maximum Gasteiger partial charge on any atom is 0.260 e. The molecular weight excluding hydrogens is 186 g/mol. The minimum Gasteiger partial charge on any atom is -0.434 e. The number of rotatable bonds is 2. The third kappa shape index (κ3) is 1.45. The van der Waals surface area contributed by atoms with Crippen LogP contribution in [0.15, 0.2) is 27.5 Å². The molecule has 0 aliphatic rings. The minimum absolute atomic E-state index is 0.133. The van der Waals surface area contributed by atoms with Gasteiger partial charge in [-0.1, -0.05) is 0 Å². The predicted octanol–water partition coefficient (Wildman–Crippen LogP) is 2.36. The van der Waals surface area contributed by atoms with Crippen molar-refractivity contribution in [3.05, 3.63) is 24.1 Å². The molecule has 0 unspecified atom stereocenters. The number of nitrogens with zero attached hydrogens (tertiary/aromatic N) is 1. The fourth-order valence-electron chi connectivity index (χ4n) is 1.10. The highest BCUT2D eigenvalue weighted by molar-refractivity contribution is 7.98. The van der Waals surface area contributed by atoms with Gasteiger partial charge in [0.1, 0.15) is 5.52 Å². The first-order chi connectivity index (χ1) is 6.33. The van der Waals surface area contributed by atoms with Crippen LogP contribution in [-0.2, 0) is 0 Å². The number of carbonyl (C=O) groups is 1. The van der Waals surface area contributed by atoms with Crippen LogP contribution in [0.4, 0.5) is 0 Å². The Hall–Kier alpha value is -1.29. The summed E-state index contributed by atoms with van der Waals surface area (Å²) < 4.78 is 5.17. The Labute approximate surface area is 79.1 Å². The first-order valence-electron chi connectivity index (χ1n) is 3.73. The summed E-state index contributed by atoms with van der Waals surface area (Å²) in [5, 5.41) is 0. The summed E-state index contributed by atoms with van der Waals surface area (Å²) in [4.78, 5) is 15.4. The third-order valence-electron chi connectivity index (χ3n) is 1.71. The average Bonchev–Trinajstić information content (AvgIpc) is 2.58. The van der Waals surface area contributed by atoms with E-state index >= 15 is 0 Å². The number of hydrogen-bond donors (Lipinski definition) is 0. The van der Waals surface area contributed by atoms with Gasteiger partial charge in [0.15, 0.2) is 5.58 Å². The van der Waals surface area contributed by atoms with Crippen LogP contribution in [0.2, 0.25) is 0 Å². The van der Waals surface area contributed by atoms with Crippen molar-refractivity contribution >= 4 is 29.1 Å². The van der Waals surface area contributed by atoms with Crippen LogP contribution in [0.25, 0.3) is 11.1 Å². The van der Waals surface area contributed by atoms with Gasteiger partial charge in [-0.3, -0.25) is 4.79 Å². The highest BCUT2D eigenvalue weighted by Crippen LogP contribution is 2.21. The molecular formula is C9H7NO2S. The summed E-state index contributed by atoms with van der Waals surface area (Å²) in [6, 6.07) is 5.67. The molecule has 2 aromatic rings. The summed E-state index contributed by atoms with van der Waals surface area (Å²) in [6.07, 6.45) is 2.59. The fraction of sp³-hybridized carbons (Fsp3) is 0.111. The van der Waals surface area contributed by atoms with Crippen molar-refractivity contribution < 1.29 is 9.21 Å². The van der Waals surface area contributed by atoms with E-state index in [1.54, 1.807) is 11.8 Å². The van der Waals surface area contributed by atoms with Crippen molar-refractivity contribution in [2.45, 2.75) is 4.90 Å². The second kappa shape index (κ2) is 3.22. The molecule has 0 saturated heterocycles. The van der Waals surface area contributed by atoms with Gasteiger partial charge >= 0.3 is 0 Å². The molecule has 0 aliphatic carbocycles. The largest absolute Gasteiger partial charge is 0.434 e. The van der Waals surface area contributed by atoms with E-state index in [-0.39, 0.29) is 5.89 Å². The van der Waals surface area contributed by atoms with Crippen molar-refractivity contribution in [2.75, 3.05) is 6.26 Å². The summed E-state index contributed by atoms with van der Waals surface area (Å²) in [5.41, 5.74) is 1.38. The van der Waals surface area contributed by atoms with Gasteiger partial charge in [-0.15, -0.1) is 11.8 Å². The van der Waals surface area contributed by atoms with Gasteiger partial charge in [0.2, 0.25) is 6.29 Å². The zero-order valence-electron chi connectivity index (χ0n) is 6.98. The molecule has 1 heterocycles. The van der Waals surface area contributed by atoms with Crippen molar-refractivity contribution in [1.82, 2.24) is 4.98 Å². The maximum atomic E-state index is 10.4. The zero-order valence-corrected chi connectivity index (χ0v) is 7.80. The molecule has 3 nitrogen and oxygen atoms in total. The Morgan fingerprint density at radius 1 is 1.54 bits per heavy atom. The van der Waals surface area contributed by atoms with Crippen molar-refractivity contribution in [1.29, 1.82) is 0 Å². The lowest BCUT2D eigenvalue weighted by atomic mass is 10.3. The molecule has 0 atom stereocenters. The van der Waals surface area contributed by atoms with E-state index in [0.29, 0.717) is 11.9 Å². The molecule has 0 spiro atoms. The first kappa shape index (κ1) is 8.31. The molecule has 0 saturated carbocycles. The molecule has 66 valence electrons. The van der Waals surface area contributed by atoms with E-state index in [9.17, 15) is 4.79 Å². The van der Waals surface area contributed by atoms with Crippen LogP contribution < -0.4 is 0 Å². The van der Waals surface area contributed by atoms with Crippen LogP contribution in [0, 0.1) is 0 Å². The zero-order chi connectivity index (χ0) is 9.26. The van der Waals surface area contributed by atoms with E-state index in [2.05, 4.69) is 4.98 Å². The van der Waals surface area contributed by atoms with Crippen LogP contribution in [0.5, 0.6) is 0 Å². The summed E-state index contributed by atoms with van der Waals surface area (Å²) in [6.45, 7) is 0. The predicted molar refractivity (Wildman–Crippen MR) is 51.2 cm³/mol. The first-order valence-corrected chi connectivity index (χ1v) is 4.95. The van der Waals surface area contributed by atoms with E-state index in [0.717, 1.165) is 10.4 Å². The second-order valence-corrected chi connectivity index (χ2v) is 3.38. The van der Waals surface area contributed by atoms with Crippen LogP contribution in [0.1, 0.15) is 10.7 Å². The number of benzene rings is 1. The molecule has 4 heteroatoms. The smallest absolute Gasteiger partial charge is 0.260 e. The molecule has 1 aromatic carbocycles. The molecule has 0 fully saturated rings. The number of carbonyl (C=O) groups excluding carboxylic acids is 1. The van der Waals surface area contributed by atoms with Gasteiger partial charge in [0, 0.05) is 4.90 Å². The lowest BCUT2D eigenvalue weighted by Gasteiger charge is -1.92. The maximum absolute atomic E-state index is 10.4. The van der Waals surface area contributed by atoms with Gasteiger partial charge in [0.25, 0.3) is 5.89 Å². The summed E-state index contributed by atoms with van der Waals surface area (Å²) >= 11 is 1.62. The third-order valence-corrected chi connectivity index (χ3v) is 2.44. The number of aromatic nitrogens is 1. The molecule has 0 N–H and O–H groups in total. The number of thioether (sulfide) groups is 1. The highest BCUT2D eigenvalue weighted by Gasteiger charge is 2.04. The van der Waals surface area contributed by atoms with E-state index < -0.39 is 0 Å². The van der Waals surface area contributed by atoms with Crippen LogP contribution in [-0.4, -0.2) is 17.5 Å². The van der Waals surface area contributed by atoms with Crippen LogP contribution in [0.3, 0.4) is 0 Å². The molecule has 0 radical (unpaired) electrons. The summed E-state index contributed by atoms with van der Waals surface area (Å²) in [7, 11) is 0. The molecule has 13 heavy (non-hydrogen) atoms. The molecule has 1 aromatic heterocycles.